The number of thiazole rings is 1. The Morgan fingerprint density at radius 3 is 3.12 bits per heavy atom. The second kappa shape index (κ2) is 5.34. The van der Waals surface area contributed by atoms with Gasteiger partial charge in [0.2, 0.25) is 0 Å². The van der Waals surface area contributed by atoms with E-state index in [1.54, 1.807) is 11.3 Å². The van der Waals surface area contributed by atoms with Gasteiger partial charge < -0.3 is 9.64 Å². The van der Waals surface area contributed by atoms with E-state index in [0.717, 1.165) is 24.7 Å². The van der Waals surface area contributed by atoms with E-state index in [1.165, 1.54) is 5.69 Å². The van der Waals surface area contributed by atoms with E-state index in [4.69, 9.17) is 16.3 Å². The van der Waals surface area contributed by atoms with Gasteiger partial charge in [-0.1, -0.05) is 6.92 Å². The van der Waals surface area contributed by atoms with Crippen LogP contribution in [0.1, 0.15) is 19.5 Å². The van der Waals surface area contributed by atoms with Crippen LogP contribution in [-0.4, -0.2) is 36.2 Å². The number of alkyl halides is 1. The van der Waals surface area contributed by atoms with Crippen LogP contribution >= 0.6 is 22.9 Å². The number of rotatable bonds is 3. The Balaban J connectivity index is 2.11. The number of hydrogen-bond acceptors (Lipinski definition) is 4. The van der Waals surface area contributed by atoms with Crippen LogP contribution in [-0.2, 0) is 11.2 Å². The molecule has 1 aliphatic rings. The normalized spacial score (nSPS) is 26.1. The van der Waals surface area contributed by atoms with Gasteiger partial charge in [-0.2, -0.15) is 0 Å². The summed E-state index contributed by atoms with van der Waals surface area (Å²) in [5, 5.41) is 3.23. The molecule has 0 N–H and O–H groups in total. The Morgan fingerprint density at radius 1 is 1.69 bits per heavy atom. The third-order valence-electron chi connectivity index (χ3n) is 2.83. The third kappa shape index (κ3) is 2.50. The van der Waals surface area contributed by atoms with Crippen LogP contribution < -0.4 is 4.90 Å². The Labute approximate surface area is 105 Å². The van der Waals surface area contributed by atoms with Crippen molar-refractivity contribution in [2.45, 2.75) is 32.4 Å². The summed E-state index contributed by atoms with van der Waals surface area (Å²) >= 11 is 7.56. The van der Waals surface area contributed by atoms with Crippen LogP contribution in [0.25, 0.3) is 0 Å². The average Bonchev–Trinajstić information content (AvgIpc) is 2.78. The molecule has 0 spiro atoms. The summed E-state index contributed by atoms with van der Waals surface area (Å²) in [5.41, 5.74) is 1.17. The fourth-order valence-corrected chi connectivity index (χ4v) is 2.98. The maximum atomic E-state index is 5.84. The monoisotopic (exact) mass is 260 g/mol. The van der Waals surface area contributed by atoms with Gasteiger partial charge in [-0.15, -0.1) is 22.9 Å². The van der Waals surface area contributed by atoms with Crippen molar-refractivity contribution in [1.82, 2.24) is 4.98 Å². The van der Waals surface area contributed by atoms with Crippen LogP contribution in [0.5, 0.6) is 0 Å². The van der Waals surface area contributed by atoms with Gasteiger partial charge in [0.1, 0.15) is 0 Å². The molecule has 16 heavy (non-hydrogen) atoms. The van der Waals surface area contributed by atoms with Crippen molar-refractivity contribution in [3.63, 3.8) is 0 Å². The minimum absolute atomic E-state index is 0.131. The minimum Gasteiger partial charge on any atom is -0.373 e. The third-order valence-corrected chi connectivity index (χ3v) is 4.10. The lowest BCUT2D eigenvalue weighted by Gasteiger charge is -2.37. The fraction of sp³-hybridized carbons (Fsp3) is 0.727. The first-order chi connectivity index (χ1) is 7.74. The maximum Gasteiger partial charge on any atom is 0.185 e. The largest absolute Gasteiger partial charge is 0.373 e. The summed E-state index contributed by atoms with van der Waals surface area (Å²) in [7, 11) is 0. The molecule has 2 rings (SSSR count). The average molecular weight is 261 g/mol. The van der Waals surface area contributed by atoms with Crippen molar-refractivity contribution >= 4 is 28.1 Å². The molecule has 0 aliphatic carbocycles. The van der Waals surface area contributed by atoms with Crippen LogP contribution in [0.15, 0.2) is 5.38 Å². The summed E-state index contributed by atoms with van der Waals surface area (Å²) < 4.78 is 5.63. The number of morpholine rings is 1. The summed E-state index contributed by atoms with van der Waals surface area (Å²) in [6.07, 6.45) is 1.13. The molecule has 0 bridgehead atoms. The number of nitrogens with zero attached hydrogens (tertiary/aromatic N) is 2. The Hall–Kier alpha value is -0.320. The van der Waals surface area contributed by atoms with Crippen LogP contribution in [0.3, 0.4) is 0 Å². The summed E-state index contributed by atoms with van der Waals surface area (Å²) in [5.74, 6) is 0.551. The topological polar surface area (TPSA) is 25.4 Å². The zero-order chi connectivity index (χ0) is 11.5. The molecule has 90 valence electrons. The molecule has 3 nitrogen and oxygen atoms in total. The van der Waals surface area contributed by atoms with E-state index in [2.05, 4.69) is 29.1 Å². The predicted octanol–water partition coefficient (Wildman–Crippen LogP) is 2.54. The van der Waals surface area contributed by atoms with E-state index in [1.807, 2.05) is 0 Å². The first-order valence-corrected chi connectivity index (χ1v) is 7.04. The maximum absolute atomic E-state index is 5.84. The number of halogens is 1. The number of anilines is 1. The van der Waals surface area contributed by atoms with Gasteiger partial charge >= 0.3 is 0 Å². The Bertz CT molecular complexity index is 344. The molecule has 0 aromatic carbocycles. The van der Waals surface area contributed by atoms with Crippen molar-refractivity contribution in [1.29, 1.82) is 0 Å². The van der Waals surface area contributed by atoms with Gasteiger partial charge in [-0.3, -0.25) is 0 Å². The summed E-state index contributed by atoms with van der Waals surface area (Å²) in [6, 6.07) is 0.385. The highest BCUT2D eigenvalue weighted by Gasteiger charge is 2.27. The van der Waals surface area contributed by atoms with Crippen LogP contribution in [0.4, 0.5) is 5.13 Å². The lowest BCUT2D eigenvalue weighted by molar-refractivity contribution is 0.0364. The molecule has 2 unspecified atom stereocenters. The first kappa shape index (κ1) is 12.1. The lowest BCUT2D eigenvalue weighted by Crippen LogP contribution is -2.49. The number of aromatic nitrogens is 1. The molecular formula is C11H17ClN2OS. The molecule has 1 aliphatic heterocycles. The van der Waals surface area contributed by atoms with Gasteiger partial charge in [0, 0.05) is 11.9 Å². The molecule has 2 heterocycles. The molecule has 1 saturated heterocycles. The van der Waals surface area contributed by atoms with Crippen molar-refractivity contribution in [3.05, 3.63) is 11.1 Å². The highest BCUT2D eigenvalue weighted by molar-refractivity contribution is 7.13. The van der Waals surface area contributed by atoms with Gasteiger partial charge in [0.05, 0.1) is 30.3 Å². The Kier molecular flexibility index (Phi) is 4.05. The first-order valence-electron chi connectivity index (χ1n) is 5.63. The quantitative estimate of drug-likeness (QED) is 0.781. The van der Waals surface area contributed by atoms with E-state index < -0.39 is 0 Å². The van der Waals surface area contributed by atoms with Crippen LogP contribution in [0, 0.1) is 0 Å². The smallest absolute Gasteiger partial charge is 0.185 e. The Morgan fingerprint density at radius 2 is 2.50 bits per heavy atom. The second-order valence-electron chi connectivity index (χ2n) is 4.09. The predicted molar refractivity (Wildman–Crippen MR) is 68.8 cm³/mol. The van der Waals surface area contributed by atoms with E-state index in [9.17, 15) is 0 Å². The zero-order valence-corrected chi connectivity index (χ0v) is 11.2. The molecular weight excluding hydrogens is 244 g/mol. The molecule has 2 atom stereocenters. The summed E-state index contributed by atoms with van der Waals surface area (Å²) in [6.45, 7) is 5.88. The van der Waals surface area contributed by atoms with Gasteiger partial charge in [-0.25, -0.2) is 4.98 Å². The van der Waals surface area contributed by atoms with Gasteiger partial charge in [-0.05, 0) is 13.3 Å². The van der Waals surface area contributed by atoms with E-state index in [-0.39, 0.29) is 6.10 Å². The summed E-state index contributed by atoms with van der Waals surface area (Å²) in [4.78, 5) is 6.92. The highest BCUT2D eigenvalue weighted by atomic mass is 35.5. The molecule has 0 saturated carbocycles. The van der Waals surface area contributed by atoms with E-state index >= 15 is 0 Å². The number of aryl methyl sites for hydroxylation is 1. The SMILES string of the molecule is CCc1csc(N2CC(CCl)OCC2C)n1. The van der Waals surface area contributed by atoms with E-state index in [0.29, 0.717) is 11.9 Å². The molecule has 1 fully saturated rings. The van der Waals surface area contributed by atoms with Crippen molar-refractivity contribution in [2.75, 3.05) is 23.9 Å². The number of ether oxygens (including phenoxy) is 1. The van der Waals surface area contributed by atoms with Gasteiger partial charge in [0.15, 0.2) is 5.13 Å². The highest BCUT2D eigenvalue weighted by Crippen LogP contribution is 2.26. The second-order valence-corrected chi connectivity index (χ2v) is 5.23. The molecule has 1 aromatic heterocycles. The zero-order valence-electron chi connectivity index (χ0n) is 9.65. The van der Waals surface area contributed by atoms with Crippen molar-refractivity contribution in [3.8, 4) is 0 Å². The fourth-order valence-electron chi connectivity index (χ4n) is 1.77. The molecule has 5 heteroatoms. The molecule has 0 amide bonds. The number of hydrogen-bond donors (Lipinski definition) is 0. The lowest BCUT2D eigenvalue weighted by atomic mass is 10.2. The molecule has 0 radical (unpaired) electrons. The minimum atomic E-state index is 0.131. The molecule has 1 aromatic rings. The van der Waals surface area contributed by atoms with Crippen molar-refractivity contribution < 1.29 is 4.74 Å². The van der Waals surface area contributed by atoms with Crippen molar-refractivity contribution in [2.24, 2.45) is 0 Å². The van der Waals surface area contributed by atoms with Crippen LogP contribution in [0.2, 0.25) is 0 Å². The van der Waals surface area contributed by atoms with Gasteiger partial charge in [0.25, 0.3) is 0 Å². The standard InChI is InChI=1S/C11H17ClN2OS/c1-3-9-7-16-11(13-9)14-5-10(4-12)15-6-8(14)2/h7-8,10H,3-6H2,1-2H3.